The number of aliphatic hydroxyl groups is 1. The summed E-state index contributed by atoms with van der Waals surface area (Å²) in [4.78, 5) is 6.93. The third-order valence-electron chi connectivity index (χ3n) is 9.57. The lowest BCUT2D eigenvalue weighted by molar-refractivity contribution is -0.138. The van der Waals surface area contributed by atoms with Gasteiger partial charge in [-0.15, -0.1) is 10.2 Å². The first-order valence-electron chi connectivity index (χ1n) is 14.3. The minimum Gasteiger partial charge on any atom is -0.390 e. The van der Waals surface area contributed by atoms with Crippen molar-refractivity contribution in [2.24, 2.45) is 5.41 Å². The van der Waals surface area contributed by atoms with Gasteiger partial charge in [0.05, 0.1) is 24.5 Å². The molecule has 0 amide bonds. The van der Waals surface area contributed by atoms with Crippen LogP contribution in [-0.2, 0) is 31.3 Å². The van der Waals surface area contributed by atoms with Crippen LogP contribution in [0.25, 0.3) is 16.3 Å². The average molecular weight is 643 g/mol. The average Bonchev–Trinajstić information content (AvgIpc) is 3.75. The minimum atomic E-state index is -4.69. The largest absolute Gasteiger partial charge is 0.445 e. The van der Waals surface area contributed by atoms with Crippen LogP contribution in [-0.4, -0.2) is 77.7 Å². The highest BCUT2D eigenvalue weighted by molar-refractivity contribution is 7.89. The Morgan fingerprint density at radius 1 is 1.16 bits per heavy atom. The molecule has 1 spiro atoms. The lowest BCUT2D eigenvalue weighted by Crippen LogP contribution is -2.47. The smallest absolute Gasteiger partial charge is 0.390 e. The molecule has 3 aromatic heterocycles. The van der Waals surface area contributed by atoms with Crippen LogP contribution in [0.4, 0.5) is 18.9 Å². The molecule has 3 aromatic rings. The van der Waals surface area contributed by atoms with E-state index in [1.54, 1.807) is 6.07 Å². The van der Waals surface area contributed by atoms with Crippen molar-refractivity contribution >= 4 is 32.7 Å². The van der Waals surface area contributed by atoms with E-state index < -0.39 is 43.9 Å². The first-order valence-corrected chi connectivity index (χ1v) is 16.6. The Labute approximate surface area is 250 Å². The summed E-state index contributed by atoms with van der Waals surface area (Å²) in [7, 11) is -2.48. The van der Waals surface area contributed by atoms with Gasteiger partial charge in [-0.05, 0) is 58.4 Å². The molecule has 0 radical (unpaired) electrons. The molecular formula is C27H33F3N6O5S2. The topological polar surface area (TPSA) is 131 Å². The highest BCUT2D eigenvalue weighted by atomic mass is 32.2. The number of hydrogen-bond acceptors (Lipinski definition) is 10. The van der Waals surface area contributed by atoms with Gasteiger partial charge in [-0.2, -0.15) is 13.2 Å². The zero-order valence-corrected chi connectivity index (χ0v) is 25.6. The number of methoxy groups -OCH3 is 1. The summed E-state index contributed by atoms with van der Waals surface area (Å²) in [6, 6.07) is 1.58. The van der Waals surface area contributed by atoms with Crippen LogP contribution < -0.4 is 9.62 Å². The Bertz CT molecular complexity index is 1690. The van der Waals surface area contributed by atoms with Crippen molar-refractivity contribution in [2.45, 2.75) is 86.8 Å². The number of aliphatic hydroxyl groups excluding tert-OH is 1. The van der Waals surface area contributed by atoms with Crippen LogP contribution in [0.2, 0.25) is 0 Å². The third kappa shape index (κ3) is 4.84. The summed E-state index contributed by atoms with van der Waals surface area (Å²) < 4.78 is 84.0. The van der Waals surface area contributed by atoms with Crippen molar-refractivity contribution in [3.8, 4) is 10.7 Å². The van der Waals surface area contributed by atoms with Gasteiger partial charge in [0, 0.05) is 37.4 Å². The molecule has 234 valence electrons. The standard InChI is InChI=1S/C27H33F3N6O5S2/c1-15-20(37)25(14-41-15)8-10-35(11-9-25)17-12-16(43(38,39)34-24(2)4-5-24)13-36-18(22-32-33-23(42-22)27(28,29)30)19(31-21(17)36)26(40-3)6-7-26/h12-13,15,20,34,37H,4-11,14H2,1-3H3/t15-,20+/m0/s1. The number of nitrogens with zero attached hydrogens (tertiary/aromatic N) is 5. The van der Waals surface area contributed by atoms with E-state index in [0.717, 1.165) is 0 Å². The Balaban J connectivity index is 1.40. The number of halogens is 3. The molecule has 16 heteroatoms. The maximum atomic E-state index is 13.7. The fourth-order valence-electron chi connectivity index (χ4n) is 6.37. The highest BCUT2D eigenvalue weighted by Gasteiger charge is 2.51. The number of fused-ring (bicyclic) bond motifs is 1. The van der Waals surface area contributed by atoms with Gasteiger partial charge >= 0.3 is 6.18 Å². The van der Waals surface area contributed by atoms with E-state index in [1.807, 2.05) is 18.7 Å². The molecule has 2 aliphatic carbocycles. The number of alkyl halides is 3. The first kappa shape index (κ1) is 29.3. The van der Waals surface area contributed by atoms with Gasteiger partial charge in [-0.25, -0.2) is 18.1 Å². The van der Waals surface area contributed by atoms with Crippen LogP contribution in [0.15, 0.2) is 17.2 Å². The number of piperidine rings is 1. The molecule has 0 aromatic carbocycles. The number of pyridine rings is 1. The Morgan fingerprint density at radius 3 is 2.40 bits per heavy atom. The predicted octanol–water partition coefficient (Wildman–Crippen LogP) is 3.70. The second-order valence-electron chi connectivity index (χ2n) is 12.6. The number of nitrogens with one attached hydrogen (secondary N) is 1. The molecule has 4 fully saturated rings. The van der Waals surface area contributed by atoms with Gasteiger partial charge in [0.1, 0.15) is 21.9 Å². The van der Waals surface area contributed by atoms with Crippen molar-refractivity contribution in [2.75, 3.05) is 31.7 Å². The molecule has 2 aliphatic heterocycles. The van der Waals surface area contributed by atoms with Gasteiger partial charge in [0.2, 0.25) is 15.0 Å². The summed E-state index contributed by atoms with van der Waals surface area (Å²) >= 11 is 0.385. The Kier molecular flexibility index (Phi) is 6.53. The summed E-state index contributed by atoms with van der Waals surface area (Å²) in [5.41, 5.74) is -0.201. The fraction of sp³-hybridized carbons (Fsp3) is 0.667. The normalized spacial score (nSPS) is 26.0. The molecule has 2 saturated heterocycles. The monoisotopic (exact) mass is 642 g/mol. The van der Waals surface area contributed by atoms with Crippen molar-refractivity contribution in [1.82, 2.24) is 24.3 Å². The number of aromatic nitrogens is 4. The molecule has 5 heterocycles. The SMILES string of the molecule is COC1(c2nc3c(N4CCC5(CC4)CO[C@@H](C)[C@H]5O)cc(S(=O)(=O)NC4(C)CC4)cn3c2-c2nnc(C(F)(F)F)s2)CC1. The maximum absolute atomic E-state index is 13.7. The van der Waals surface area contributed by atoms with E-state index in [1.165, 1.54) is 17.7 Å². The van der Waals surface area contributed by atoms with Gasteiger partial charge in [-0.3, -0.25) is 4.40 Å². The van der Waals surface area contributed by atoms with E-state index in [2.05, 4.69) is 14.9 Å². The van der Waals surface area contributed by atoms with Crippen molar-refractivity contribution in [3.05, 3.63) is 23.0 Å². The zero-order chi connectivity index (χ0) is 30.6. The summed E-state index contributed by atoms with van der Waals surface area (Å²) in [6.45, 7) is 5.14. The fourth-order valence-corrected chi connectivity index (χ4v) is 8.60. The van der Waals surface area contributed by atoms with Crippen LogP contribution in [0.5, 0.6) is 0 Å². The zero-order valence-electron chi connectivity index (χ0n) is 23.9. The number of sulfonamides is 1. The molecule has 11 nitrogen and oxygen atoms in total. The minimum absolute atomic E-state index is 0.0291. The number of imidazole rings is 1. The second-order valence-corrected chi connectivity index (χ2v) is 15.3. The second kappa shape index (κ2) is 9.57. The molecule has 0 unspecified atom stereocenters. The quantitative estimate of drug-likeness (QED) is 0.396. The lowest BCUT2D eigenvalue weighted by atomic mass is 9.74. The summed E-state index contributed by atoms with van der Waals surface area (Å²) in [6.07, 6.45) is -0.294. The van der Waals surface area contributed by atoms with E-state index in [9.17, 15) is 26.7 Å². The number of anilines is 1. The predicted molar refractivity (Wildman–Crippen MR) is 150 cm³/mol. The van der Waals surface area contributed by atoms with Crippen molar-refractivity contribution < 1.29 is 36.2 Å². The van der Waals surface area contributed by atoms with Gasteiger partial charge in [0.25, 0.3) is 0 Å². The van der Waals surface area contributed by atoms with Crippen LogP contribution in [0.3, 0.4) is 0 Å². The van der Waals surface area contributed by atoms with E-state index >= 15 is 0 Å². The molecule has 2 atom stereocenters. The van der Waals surface area contributed by atoms with Gasteiger partial charge in [-0.1, -0.05) is 11.3 Å². The Morgan fingerprint density at radius 2 is 1.86 bits per heavy atom. The van der Waals surface area contributed by atoms with Crippen molar-refractivity contribution in [1.29, 1.82) is 0 Å². The Hall–Kier alpha value is -2.37. The van der Waals surface area contributed by atoms with Crippen LogP contribution in [0.1, 0.15) is 63.1 Å². The maximum Gasteiger partial charge on any atom is 0.445 e. The number of rotatable bonds is 7. The summed E-state index contributed by atoms with van der Waals surface area (Å²) in [5, 5.41) is 17.0. The molecule has 2 saturated carbocycles. The molecule has 4 aliphatic rings. The van der Waals surface area contributed by atoms with E-state index in [4.69, 9.17) is 14.5 Å². The molecule has 43 heavy (non-hydrogen) atoms. The van der Waals surface area contributed by atoms with Crippen molar-refractivity contribution in [3.63, 3.8) is 0 Å². The van der Waals surface area contributed by atoms with Gasteiger partial charge < -0.3 is 19.5 Å². The lowest BCUT2D eigenvalue weighted by Gasteiger charge is -2.41. The molecule has 0 bridgehead atoms. The summed E-state index contributed by atoms with van der Waals surface area (Å²) in [5.74, 6) is 0. The molecule has 2 N–H and O–H groups in total. The van der Waals surface area contributed by atoms with Gasteiger partial charge in [0.15, 0.2) is 10.7 Å². The third-order valence-corrected chi connectivity index (χ3v) is 12.1. The first-order chi connectivity index (χ1) is 20.2. The number of hydrogen-bond donors (Lipinski definition) is 2. The molecule has 7 rings (SSSR count). The number of ether oxygens (including phenoxy) is 2. The molecular weight excluding hydrogens is 609 g/mol. The van der Waals surface area contributed by atoms with Crippen LogP contribution >= 0.6 is 11.3 Å². The highest BCUT2D eigenvalue weighted by Crippen LogP contribution is 2.53. The van der Waals surface area contributed by atoms with E-state index in [0.29, 0.717) is 86.6 Å². The van der Waals surface area contributed by atoms with E-state index in [-0.39, 0.29) is 21.7 Å². The van der Waals surface area contributed by atoms with Crippen LogP contribution in [0, 0.1) is 5.41 Å².